The van der Waals surface area contributed by atoms with Gasteiger partial charge in [0.05, 0.1) is 12.3 Å². The normalized spacial score (nSPS) is 10.5. The first-order valence-electron chi connectivity index (χ1n) is 8.44. The van der Waals surface area contributed by atoms with Crippen molar-refractivity contribution in [1.82, 2.24) is 4.98 Å². The number of hydrogen-bond donors (Lipinski definition) is 1. The summed E-state index contributed by atoms with van der Waals surface area (Å²) in [5, 5.41) is 3.21. The van der Waals surface area contributed by atoms with Crippen LogP contribution in [0.15, 0.2) is 48.5 Å². The van der Waals surface area contributed by atoms with Crippen LogP contribution < -0.4 is 14.8 Å². The van der Waals surface area contributed by atoms with E-state index in [1.165, 1.54) is 23.5 Å². The number of carbonyl (C=O) groups is 1. The van der Waals surface area contributed by atoms with E-state index in [2.05, 4.69) is 10.3 Å². The Hall–Kier alpha value is -2.93. The molecule has 0 aliphatic carbocycles. The van der Waals surface area contributed by atoms with E-state index in [0.29, 0.717) is 17.5 Å². The molecule has 1 N–H and O–H groups in total. The highest BCUT2D eigenvalue weighted by atomic mass is 32.1. The van der Waals surface area contributed by atoms with Crippen LogP contribution >= 0.6 is 11.3 Å². The zero-order valence-corrected chi connectivity index (χ0v) is 15.8. The molecule has 0 unspecified atom stereocenters. The van der Waals surface area contributed by atoms with Crippen molar-refractivity contribution in [2.75, 3.05) is 18.5 Å². The summed E-state index contributed by atoms with van der Waals surface area (Å²) in [5.41, 5.74) is 1.53. The Kier molecular flexibility index (Phi) is 6.03. The predicted molar refractivity (Wildman–Crippen MR) is 104 cm³/mol. The molecule has 0 spiro atoms. The van der Waals surface area contributed by atoms with Crippen LogP contribution in [0.1, 0.15) is 11.8 Å². The van der Waals surface area contributed by atoms with Crippen molar-refractivity contribution >= 4 is 22.4 Å². The van der Waals surface area contributed by atoms with E-state index in [-0.39, 0.29) is 18.3 Å². The summed E-state index contributed by atoms with van der Waals surface area (Å²) < 4.78 is 23.9. The number of nitrogens with one attached hydrogen (secondary N) is 1. The van der Waals surface area contributed by atoms with E-state index >= 15 is 0 Å². The molecule has 1 aromatic heterocycles. The maximum Gasteiger partial charge on any atom is 0.264 e. The molecule has 3 rings (SSSR count). The van der Waals surface area contributed by atoms with Gasteiger partial charge < -0.3 is 9.47 Å². The Morgan fingerprint density at radius 3 is 2.33 bits per heavy atom. The molecule has 1 amide bonds. The fraction of sp³-hybridized carbons (Fsp3) is 0.200. The van der Waals surface area contributed by atoms with Crippen LogP contribution in [0.3, 0.4) is 0 Å². The lowest BCUT2D eigenvalue weighted by Gasteiger charge is -2.07. The minimum atomic E-state index is -0.303. The third-order valence-corrected chi connectivity index (χ3v) is 4.55. The number of benzene rings is 2. The molecule has 0 aliphatic rings. The third kappa shape index (κ3) is 5.04. The molecule has 27 heavy (non-hydrogen) atoms. The number of carbonyl (C=O) groups excluding carboxylic acids is 1. The molecule has 0 bridgehead atoms. The van der Waals surface area contributed by atoms with Gasteiger partial charge in [-0.05, 0) is 62.4 Å². The third-order valence-electron chi connectivity index (χ3n) is 3.67. The van der Waals surface area contributed by atoms with Gasteiger partial charge in [0, 0.05) is 10.4 Å². The molecule has 2 aromatic carbocycles. The molecule has 1 heterocycles. The molecule has 140 valence electrons. The van der Waals surface area contributed by atoms with Gasteiger partial charge in [0.15, 0.2) is 11.7 Å². The van der Waals surface area contributed by atoms with Gasteiger partial charge in [-0.15, -0.1) is 11.3 Å². The first kappa shape index (κ1) is 18.8. The highest BCUT2D eigenvalue weighted by Gasteiger charge is 2.12. The lowest BCUT2D eigenvalue weighted by atomic mass is 10.1. The quantitative estimate of drug-likeness (QED) is 0.641. The smallest absolute Gasteiger partial charge is 0.264 e. The number of amides is 1. The van der Waals surface area contributed by atoms with E-state index in [1.807, 2.05) is 13.8 Å². The zero-order chi connectivity index (χ0) is 19.2. The monoisotopic (exact) mass is 386 g/mol. The Morgan fingerprint density at radius 1 is 1.07 bits per heavy atom. The SMILES string of the molecule is CCOc1ccc(OCC(=O)Nc2nc(-c3ccc(F)cc3)c(C)s2)cc1. The highest BCUT2D eigenvalue weighted by Crippen LogP contribution is 2.30. The summed E-state index contributed by atoms with van der Waals surface area (Å²) in [6.07, 6.45) is 0. The van der Waals surface area contributed by atoms with Gasteiger partial charge in [-0.1, -0.05) is 0 Å². The van der Waals surface area contributed by atoms with Crippen molar-refractivity contribution in [3.8, 4) is 22.8 Å². The van der Waals surface area contributed by atoms with Crippen molar-refractivity contribution in [3.63, 3.8) is 0 Å². The van der Waals surface area contributed by atoms with Gasteiger partial charge in [0.1, 0.15) is 17.3 Å². The maximum atomic E-state index is 13.1. The molecule has 0 radical (unpaired) electrons. The van der Waals surface area contributed by atoms with Gasteiger partial charge in [0.25, 0.3) is 5.91 Å². The number of anilines is 1. The molecular weight excluding hydrogens is 367 g/mol. The summed E-state index contributed by atoms with van der Waals surface area (Å²) in [6.45, 7) is 4.28. The topological polar surface area (TPSA) is 60.5 Å². The van der Waals surface area contributed by atoms with Gasteiger partial charge in [0.2, 0.25) is 0 Å². The summed E-state index contributed by atoms with van der Waals surface area (Å²) in [5.74, 6) is 0.728. The van der Waals surface area contributed by atoms with Gasteiger partial charge in [-0.25, -0.2) is 9.37 Å². The number of halogens is 1. The van der Waals surface area contributed by atoms with Crippen molar-refractivity contribution in [2.24, 2.45) is 0 Å². The van der Waals surface area contributed by atoms with Crippen LogP contribution in [0.25, 0.3) is 11.3 Å². The molecule has 0 aliphatic heterocycles. The second-order valence-corrected chi connectivity index (χ2v) is 6.88. The predicted octanol–water partition coefficient (Wildman–Crippen LogP) is 4.67. The number of aryl methyl sites for hydroxylation is 1. The number of rotatable bonds is 7. The van der Waals surface area contributed by atoms with Gasteiger partial charge in [-0.2, -0.15) is 0 Å². The minimum Gasteiger partial charge on any atom is -0.494 e. The first-order valence-corrected chi connectivity index (χ1v) is 9.25. The van der Waals surface area contributed by atoms with Crippen LogP contribution in [0.5, 0.6) is 11.5 Å². The van der Waals surface area contributed by atoms with Crippen LogP contribution in [0.2, 0.25) is 0 Å². The van der Waals surface area contributed by atoms with Gasteiger partial charge >= 0.3 is 0 Å². The van der Waals surface area contributed by atoms with Crippen molar-refractivity contribution in [1.29, 1.82) is 0 Å². The number of aromatic nitrogens is 1. The van der Waals surface area contributed by atoms with Crippen molar-refractivity contribution < 1.29 is 18.7 Å². The van der Waals surface area contributed by atoms with Crippen LogP contribution in [-0.4, -0.2) is 24.1 Å². The average Bonchev–Trinajstić information content (AvgIpc) is 3.02. The van der Waals surface area contributed by atoms with E-state index in [9.17, 15) is 9.18 Å². The summed E-state index contributed by atoms with van der Waals surface area (Å²) in [7, 11) is 0. The summed E-state index contributed by atoms with van der Waals surface area (Å²) >= 11 is 1.36. The standard InChI is InChI=1S/C20H19FN2O3S/c1-3-25-16-8-10-17(11-9-16)26-12-18(24)22-20-23-19(13(2)27-20)14-4-6-15(21)7-5-14/h4-11H,3,12H2,1-2H3,(H,22,23,24). The van der Waals surface area contributed by atoms with Crippen LogP contribution in [0, 0.1) is 12.7 Å². The van der Waals surface area contributed by atoms with Crippen molar-refractivity contribution in [3.05, 3.63) is 59.2 Å². The molecule has 0 saturated heterocycles. The van der Waals surface area contributed by atoms with Crippen LogP contribution in [0.4, 0.5) is 9.52 Å². The first-order chi connectivity index (χ1) is 13.0. The number of thiazole rings is 1. The molecule has 5 nitrogen and oxygen atoms in total. The Labute approximate surface area is 160 Å². The number of ether oxygens (including phenoxy) is 2. The van der Waals surface area contributed by atoms with Crippen molar-refractivity contribution in [2.45, 2.75) is 13.8 Å². The second kappa shape index (κ2) is 8.64. The molecule has 3 aromatic rings. The lowest BCUT2D eigenvalue weighted by molar-refractivity contribution is -0.118. The molecule has 7 heteroatoms. The Morgan fingerprint density at radius 2 is 1.70 bits per heavy atom. The molecule has 0 fully saturated rings. The van der Waals surface area contributed by atoms with E-state index in [0.717, 1.165) is 21.9 Å². The molecular formula is C20H19FN2O3S. The maximum absolute atomic E-state index is 13.1. The Balaban J connectivity index is 1.58. The Bertz CT molecular complexity index is 908. The molecule has 0 atom stereocenters. The number of hydrogen-bond acceptors (Lipinski definition) is 5. The highest BCUT2D eigenvalue weighted by molar-refractivity contribution is 7.16. The number of nitrogens with zero attached hydrogens (tertiary/aromatic N) is 1. The van der Waals surface area contributed by atoms with E-state index in [4.69, 9.17) is 9.47 Å². The minimum absolute atomic E-state index is 0.126. The molecule has 0 saturated carbocycles. The van der Waals surface area contributed by atoms with Gasteiger partial charge in [-0.3, -0.25) is 10.1 Å². The van der Waals surface area contributed by atoms with E-state index in [1.54, 1.807) is 36.4 Å². The largest absolute Gasteiger partial charge is 0.494 e. The fourth-order valence-corrected chi connectivity index (χ4v) is 3.28. The van der Waals surface area contributed by atoms with E-state index < -0.39 is 0 Å². The summed E-state index contributed by atoms with van der Waals surface area (Å²) in [4.78, 5) is 17.5. The van der Waals surface area contributed by atoms with Crippen LogP contribution in [-0.2, 0) is 4.79 Å². The fourth-order valence-electron chi connectivity index (χ4n) is 2.43. The lowest BCUT2D eigenvalue weighted by Crippen LogP contribution is -2.20. The zero-order valence-electron chi connectivity index (χ0n) is 15.0. The second-order valence-electron chi connectivity index (χ2n) is 5.67. The summed E-state index contributed by atoms with van der Waals surface area (Å²) in [6, 6.07) is 13.2. The average molecular weight is 386 g/mol.